The van der Waals surface area contributed by atoms with Gasteiger partial charge in [0.25, 0.3) is 0 Å². The normalized spacial score (nSPS) is 6.10. The van der Waals surface area contributed by atoms with E-state index in [0.29, 0.717) is 0 Å². The van der Waals surface area contributed by atoms with Crippen LogP contribution in [0.2, 0.25) is 0 Å². The largest absolute Gasteiger partial charge is 2.00 e. The third-order valence-corrected chi connectivity index (χ3v) is 0.387. The summed E-state index contributed by atoms with van der Waals surface area (Å²) in [5.74, 6) is -1.33. The van der Waals surface area contributed by atoms with Crippen molar-refractivity contribution in [3.8, 4) is 0 Å². The van der Waals surface area contributed by atoms with Crippen molar-refractivity contribution in [2.75, 3.05) is 5.75 Å². The molecule has 0 bridgehead atoms. The number of rotatable bonds is 1. The second-order valence-corrected chi connectivity index (χ2v) is 1.07. The van der Waals surface area contributed by atoms with Crippen molar-refractivity contribution in [2.45, 2.75) is 0 Å². The molecule has 0 aliphatic carbocycles. The Morgan fingerprint density at radius 3 is 1.60 bits per heavy atom. The first-order chi connectivity index (χ1) is 4.00. The van der Waals surface area contributed by atoms with Crippen molar-refractivity contribution in [3.63, 3.8) is 0 Å². The van der Waals surface area contributed by atoms with Gasteiger partial charge < -0.3 is 25.2 Å². The van der Waals surface area contributed by atoms with Crippen LogP contribution in [0.15, 0.2) is 0 Å². The molecule has 0 saturated carbocycles. The number of carboxylic acids is 1. The van der Waals surface area contributed by atoms with Gasteiger partial charge in [-0.3, -0.25) is 0 Å². The van der Waals surface area contributed by atoms with Crippen LogP contribution in [0.5, 0.6) is 0 Å². The fourth-order valence-corrected chi connectivity index (χ4v) is 0. The minimum Gasteiger partial charge on any atom is -0.549 e. The summed E-state index contributed by atoms with van der Waals surface area (Å²) in [5, 5.41) is 23.9. The molecule has 63 valence electrons. The second-order valence-electron chi connectivity index (χ2n) is 0.754. The summed E-state index contributed by atoms with van der Waals surface area (Å²) in [4.78, 5) is 17.4. The molecular weight excluding hydrogens is 214 g/mol. The van der Waals surface area contributed by atoms with Gasteiger partial charge in [-0.05, 0) is 0 Å². The Balaban J connectivity index is -0.0000000910. The topological polar surface area (TPSA) is 106 Å². The Hall–Kier alpha value is -0.461. The average Bonchev–Trinajstić information content (AvgIpc) is 1.65. The van der Waals surface area contributed by atoms with Crippen LogP contribution in [0.25, 0.3) is 0 Å². The van der Waals surface area contributed by atoms with Crippen LogP contribution in [-0.4, -0.2) is 16.8 Å². The fraction of sp³-hybridized carbons (Fsp3) is 0.500. The van der Waals surface area contributed by atoms with Crippen molar-refractivity contribution < 1.29 is 32.1 Å². The van der Waals surface area contributed by atoms with Crippen molar-refractivity contribution in [1.82, 2.24) is 0 Å². The van der Waals surface area contributed by atoms with E-state index in [1.165, 1.54) is 0 Å². The van der Waals surface area contributed by atoms with E-state index in [2.05, 4.69) is 12.6 Å². The molecule has 0 saturated heterocycles. The smallest absolute Gasteiger partial charge is 0.549 e. The monoisotopic (exact) mass is 216 g/mol. The molecule has 8 heteroatoms. The first kappa shape index (κ1) is 16.3. The molecule has 6 nitrogen and oxygen atoms in total. The molecule has 0 aliphatic rings. The van der Waals surface area contributed by atoms with E-state index in [4.69, 9.17) is 15.3 Å². The van der Waals surface area contributed by atoms with Gasteiger partial charge in [0.05, 0.1) is 11.1 Å². The average molecular weight is 217 g/mol. The maximum Gasteiger partial charge on any atom is 2.00 e. The summed E-state index contributed by atoms with van der Waals surface area (Å²) >= 11 is 3.35. The number of thiol groups is 1. The van der Waals surface area contributed by atoms with Gasteiger partial charge in [-0.2, -0.15) is 12.6 Å². The molecule has 1 radical (unpaired) electrons. The maximum atomic E-state index is 9.18. The zero-order valence-electron chi connectivity index (χ0n) is 4.44. The number of carbonyl (C=O) groups excluding carboxylic acids is 1. The quantitative estimate of drug-likeness (QED) is 0.247. The third-order valence-electron chi connectivity index (χ3n) is 0.129. The Labute approximate surface area is 72.2 Å². The molecule has 0 rings (SSSR count). The van der Waals surface area contributed by atoms with Crippen molar-refractivity contribution in [3.05, 3.63) is 15.3 Å². The van der Waals surface area contributed by atoms with E-state index in [0.717, 1.165) is 0 Å². The standard InChI is InChI=1S/C2H4O2S.Cu.NO3/c3-2(4)1-5;;2-1(3)4/h5H,1H2,(H,3,4);;/q;+2;-1/p-1. The van der Waals surface area contributed by atoms with Gasteiger partial charge >= 0.3 is 17.1 Å². The fourth-order valence-electron chi connectivity index (χ4n) is 0. The predicted molar refractivity (Wildman–Crippen MR) is 29.2 cm³/mol. The Bertz CT molecular complexity index is 104. The molecule has 0 unspecified atom stereocenters. The van der Waals surface area contributed by atoms with Gasteiger partial charge in [0.15, 0.2) is 0 Å². The van der Waals surface area contributed by atoms with E-state index in [1.54, 1.807) is 0 Å². The summed E-state index contributed by atoms with van der Waals surface area (Å²) in [5.41, 5.74) is 0. The zero-order valence-corrected chi connectivity index (χ0v) is 6.28. The molecule has 0 aromatic carbocycles. The van der Waals surface area contributed by atoms with Gasteiger partial charge in [-0.15, -0.1) is 0 Å². The van der Waals surface area contributed by atoms with E-state index in [9.17, 15) is 9.90 Å². The van der Waals surface area contributed by atoms with E-state index in [1.807, 2.05) is 0 Å². The minimum absolute atomic E-state index is 0. The number of aliphatic carboxylic acids is 1. The Morgan fingerprint density at radius 2 is 1.60 bits per heavy atom. The van der Waals surface area contributed by atoms with Gasteiger partial charge in [0.2, 0.25) is 0 Å². The second kappa shape index (κ2) is 11.4. The van der Waals surface area contributed by atoms with E-state index in [-0.39, 0.29) is 22.8 Å². The third kappa shape index (κ3) is 136. The number of nitrogens with zero attached hydrogens (tertiary/aromatic N) is 1. The zero-order chi connectivity index (χ0) is 7.86. The number of carbonyl (C=O) groups is 1. The van der Waals surface area contributed by atoms with E-state index >= 15 is 0 Å². The van der Waals surface area contributed by atoms with Crippen LogP contribution in [0.1, 0.15) is 0 Å². The molecule has 0 N–H and O–H groups in total. The van der Waals surface area contributed by atoms with Crippen LogP contribution in [0.3, 0.4) is 0 Å². The van der Waals surface area contributed by atoms with Crippen LogP contribution >= 0.6 is 12.6 Å². The van der Waals surface area contributed by atoms with Crippen molar-refractivity contribution >= 4 is 18.6 Å². The maximum absolute atomic E-state index is 9.18. The van der Waals surface area contributed by atoms with E-state index < -0.39 is 11.1 Å². The Morgan fingerprint density at radius 1 is 1.50 bits per heavy atom. The predicted octanol–water partition coefficient (Wildman–Crippen LogP) is -1.58. The van der Waals surface area contributed by atoms with Gasteiger partial charge in [-0.1, -0.05) is 0 Å². The molecular formula is C2H3CuNO5S. The molecule has 0 heterocycles. The first-order valence-corrected chi connectivity index (χ1v) is 2.26. The first-order valence-electron chi connectivity index (χ1n) is 1.63. The SMILES string of the molecule is O=C([O-])CS.O=[N+]([O-])[O-].[Cu+2]. The number of carboxylic acid groups (broad SMARTS) is 1. The van der Waals surface area contributed by atoms with Crippen molar-refractivity contribution in [2.24, 2.45) is 0 Å². The molecule has 0 spiro atoms. The molecule has 10 heavy (non-hydrogen) atoms. The number of hydrogen-bond acceptors (Lipinski definition) is 6. The molecule has 0 atom stereocenters. The minimum atomic E-state index is -1.75. The van der Waals surface area contributed by atoms with Gasteiger partial charge in [0.1, 0.15) is 0 Å². The van der Waals surface area contributed by atoms with Crippen LogP contribution in [-0.2, 0) is 21.9 Å². The Kier molecular flexibility index (Phi) is 18.5. The molecule has 0 aliphatic heterocycles. The summed E-state index contributed by atoms with van der Waals surface area (Å²) < 4.78 is 0. The molecule has 0 aromatic heterocycles. The molecule has 0 fully saturated rings. The summed E-state index contributed by atoms with van der Waals surface area (Å²) in [6.07, 6.45) is 0. The van der Waals surface area contributed by atoms with Gasteiger partial charge in [0, 0.05) is 5.75 Å². The summed E-state index contributed by atoms with van der Waals surface area (Å²) in [6.45, 7) is 0. The summed E-state index contributed by atoms with van der Waals surface area (Å²) in [7, 11) is 0. The van der Waals surface area contributed by atoms with Crippen molar-refractivity contribution in [1.29, 1.82) is 0 Å². The summed E-state index contributed by atoms with van der Waals surface area (Å²) in [6, 6.07) is 0. The molecule has 0 amide bonds. The van der Waals surface area contributed by atoms with Gasteiger partial charge in [-0.25, -0.2) is 0 Å². The van der Waals surface area contributed by atoms with Crippen LogP contribution < -0.4 is 5.11 Å². The number of hydrogen-bond donors (Lipinski definition) is 1. The van der Waals surface area contributed by atoms with Crippen LogP contribution in [0, 0.1) is 15.3 Å². The molecule has 0 aromatic rings. The van der Waals surface area contributed by atoms with Crippen LogP contribution in [0.4, 0.5) is 0 Å².